The Morgan fingerprint density at radius 2 is 1.30 bits per heavy atom. The number of ether oxygens (including phenoxy) is 1. The molecule has 2 nitrogen and oxygen atoms in total. The van der Waals surface area contributed by atoms with Gasteiger partial charge in [0, 0.05) is 18.8 Å². The lowest BCUT2D eigenvalue weighted by atomic mass is 10.0. The summed E-state index contributed by atoms with van der Waals surface area (Å²) in [5.41, 5.74) is 3.95. The number of rotatable bonds is 6. The van der Waals surface area contributed by atoms with Crippen LogP contribution in [0.4, 0.5) is 5.69 Å². The molecule has 0 spiro atoms. The maximum atomic E-state index is 5.18. The van der Waals surface area contributed by atoms with E-state index in [9.17, 15) is 0 Å². The van der Waals surface area contributed by atoms with Crippen LogP contribution >= 0.6 is 0 Å². The topological polar surface area (TPSA) is 12.5 Å². The van der Waals surface area contributed by atoms with E-state index in [-0.39, 0.29) is 0 Å². The zero-order valence-corrected chi connectivity index (χ0v) is 12.6. The molecule has 0 aliphatic rings. The molecular formula is C18H23NO. The van der Waals surface area contributed by atoms with Gasteiger partial charge >= 0.3 is 0 Å². The summed E-state index contributed by atoms with van der Waals surface area (Å²) in [7, 11) is 1.70. The smallest absolute Gasteiger partial charge is 0.118 e. The fourth-order valence-electron chi connectivity index (χ4n) is 2.39. The van der Waals surface area contributed by atoms with Gasteiger partial charge in [0.05, 0.1) is 7.11 Å². The molecule has 0 N–H and O–H groups in total. The summed E-state index contributed by atoms with van der Waals surface area (Å²) >= 11 is 0. The lowest BCUT2D eigenvalue weighted by Gasteiger charge is -2.21. The Morgan fingerprint density at radius 1 is 0.800 bits per heavy atom. The summed E-state index contributed by atoms with van der Waals surface area (Å²) in [5, 5.41) is 0. The van der Waals surface area contributed by atoms with Crippen LogP contribution < -0.4 is 9.64 Å². The van der Waals surface area contributed by atoms with E-state index in [1.165, 1.54) is 16.8 Å². The fourth-order valence-corrected chi connectivity index (χ4v) is 2.39. The van der Waals surface area contributed by atoms with E-state index in [0.29, 0.717) is 0 Å². The minimum atomic E-state index is 0.908. The van der Waals surface area contributed by atoms with Gasteiger partial charge in [0.2, 0.25) is 0 Å². The zero-order chi connectivity index (χ0) is 14.4. The van der Waals surface area contributed by atoms with E-state index >= 15 is 0 Å². The van der Waals surface area contributed by atoms with Crippen LogP contribution in [0.5, 0.6) is 5.75 Å². The molecule has 0 aliphatic carbocycles. The molecule has 2 heteroatoms. The first-order chi connectivity index (χ1) is 9.76. The van der Waals surface area contributed by atoms with E-state index in [1.54, 1.807) is 7.11 Å². The molecule has 0 bridgehead atoms. The largest absolute Gasteiger partial charge is 0.497 e. The van der Waals surface area contributed by atoms with Crippen LogP contribution in [0.3, 0.4) is 0 Å². The summed E-state index contributed by atoms with van der Waals surface area (Å²) in [4.78, 5) is 2.36. The third-order valence-electron chi connectivity index (χ3n) is 3.63. The van der Waals surface area contributed by atoms with Crippen LogP contribution in [0.2, 0.25) is 0 Å². The molecular weight excluding hydrogens is 246 g/mol. The Balaban J connectivity index is 2.06. The van der Waals surface area contributed by atoms with Gasteiger partial charge in [0.25, 0.3) is 0 Å². The van der Waals surface area contributed by atoms with Crippen molar-refractivity contribution in [3.8, 4) is 5.75 Å². The SMILES string of the molecule is CCN(CC)c1ccc(Cc2ccc(OC)cc2)cc1. The van der Waals surface area contributed by atoms with Crippen molar-refractivity contribution < 1.29 is 4.74 Å². The van der Waals surface area contributed by atoms with Gasteiger partial charge in [-0.2, -0.15) is 0 Å². The highest BCUT2D eigenvalue weighted by Crippen LogP contribution is 2.18. The van der Waals surface area contributed by atoms with Crippen molar-refractivity contribution in [1.29, 1.82) is 0 Å². The molecule has 0 unspecified atom stereocenters. The van der Waals surface area contributed by atoms with Crippen molar-refractivity contribution in [2.75, 3.05) is 25.1 Å². The van der Waals surface area contributed by atoms with Gasteiger partial charge in [-0.05, 0) is 55.7 Å². The third kappa shape index (κ3) is 3.53. The number of anilines is 1. The molecule has 0 heterocycles. The zero-order valence-electron chi connectivity index (χ0n) is 12.6. The van der Waals surface area contributed by atoms with Crippen LogP contribution in [0.25, 0.3) is 0 Å². The molecule has 20 heavy (non-hydrogen) atoms. The highest BCUT2D eigenvalue weighted by atomic mass is 16.5. The standard InChI is InChI=1S/C18H23NO/c1-4-19(5-2)17-10-6-15(7-11-17)14-16-8-12-18(20-3)13-9-16/h6-13H,4-5,14H2,1-3H3. The van der Waals surface area contributed by atoms with Crippen LogP contribution in [0.15, 0.2) is 48.5 Å². The molecule has 106 valence electrons. The molecule has 0 radical (unpaired) electrons. The first-order valence-electron chi connectivity index (χ1n) is 7.23. The van der Waals surface area contributed by atoms with Crippen LogP contribution in [0, 0.1) is 0 Å². The molecule has 0 aliphatic heterocycles. The van der Waals surface area contributed by atoms with Crippen LogP contribution in [0.1, 0.15) is 25.0 Å². The number of nitrogens with zero attached hydrogens (tertiary/aromatic N) is 1. The minimum Gasteiger partial charge on any atom is -0.497 e. The second-order valence-corrected chi connectivity index (χ2v) is 4.86. The van der Waals surface area contributed by atoms with Gasteiger partial charge in [-0.3, -0.25) is 0 Å². The predicted molar refractivity (Wildman–Crippen MR) is 85.8 cm³/mol. The Labute approximate surface area is 122 Å². The van der Waals surface area contributed by atoms with Crippen molar-refractivity contribution in [1.82, 2.24) is 0 Å². The fraction of sp³-hybridized carbons (Fsp3) is 0.333. The second-order valence-electron chi connectivity index (χ2n) is 4.86. The molecule has 2 rings (SSSR count). The third-order valence-corrected chi connectivity index (χ3v) is 3.63. The van der Waals surface area contributed by atoms with Gasteiger partial charge in [-0.15, -0.1) is 0 Å². The number of hydrogen-bond donors (Lipinski definition) is 0. The Hall–Kier alpha value is -1.96. The molecule has 0 aromatic heterocycles. The first-order valence-corrected chi connectivity index (χ1v) is 7.23. The Bertz CT molecular complexity index is 512. The summed E-state index contributed by atoms with van der Waals surface area (Å²) in [6, 6.07) is 17.1. The normalized spacial score (nSPS) is 10.3. The maximum Gasteiger partial charge on any atom is 0.118 e. The quantitative estimate of drug-likeness (QED) is 0.781. The number of methoxy groups -OCH3 is 1. The summed E-state index contributed by atoms with van der Waals surface area (Å²) in [6.07, 6.45) is 0.961. The first kappa shape index (κ1) is 14.4. The van der Waals surface area contributed by atoms with Gasteiger partial charge in [0.15, 0.2) is 0 Å². The van der Waals surface area contributed by atoms with E-state index < -0.39 is 0 Å². The average molecular weight is 269 g/mol. The summed E-state index contributed by atoms with van der Waals surface area (Å²) in [5.74, 6) is 0.908. The van der Waals surface area contributed by atoms with Gasteiger partial charge < -0.3 is 9.64 Å². The molecule has 2 aromatic rings. The minimum absolute atomic E-state index is 0.908. The van der Waals surface area contributed by atoms with Gasteiger partial charge in [-0.1, -0.05) is 24.3 Å². The van der Waals surface area contributed by atoms with E-state index in [4.69, 9.17) is 4.74 Å². The van der Waals surface area contributed by atoms with Crippen molar-refractivity contribution >= 4 is 5.69 Å². The van der Waals surface area contributed by atoms with Crippen molar-refractivity contribution in [3.05, 3.63) is 59.7 Å². The summed E-state index contributed by atoms with van der Waals surface area (Å²) < 4.78 is 5.18. The number of hydrogen-bond acceptors (Lipinski definition) is 2. The van der Waals surface area contributed by atoms with Crippen molar-refractivity contribution in [2.24, 2.45) is 0 Å². The summed E-state index contributed by atoms with van der Waals surface area (Å²) in [6.45, 7) is 6.48. The van der Waals surface area contributed by atoms with Crippen molar-refractivity contribution in [3.63, 3.8) is 0 Å². The molecule has 0 atom stereocenters. The second kappa shape index (κ2) is 6.99. The number of benzene rings is 2. The Kier molecular flexibility index (Phi) is 5.05. The molecule has 0 saturated carbocycles. The Morgan fingerprint density at radius 3 is 1.75 bits per heavy atom. The molecule has 0 saturated heterocycles. The molecule has 2 aromatic carbocycles. The van der Waals surface area contributed by atoms with E-state index in [2.05, 4.69) is 55.1 Å². The lowest BCUT2D eigenvalue weighted by molar-refractivity contribution is 0.414. The van der Waals surface area contributed by atoms with Crippen LogP contribution in [-0.4, -0.2) is 20.2 Å². The highest BCUT2D eigenvalue weighted by molar-refractivity contribution is 5.48. The van der Waals surface area contributed by atoms with Gasteiger partial charge in [-0.25, -0.2) is 0 Å². The molecule has 0 amide bonds. The lowest BCUT2D eigenvalue weighted by Crippen LogP contribution is -2.21. The van der Waals surface area contributed by atoms with E-state index in [1.807, 2.05) is 12.1 Å². The van der Waals surface area contributed by atoms with Gasteiger partial charge in [0.1, 0.15) is 5.75 Å². The maximum absolute atomic E-state index is 5.18. The van der Waals surface area contributed by atoms with Crippen molar-refractivity contribution in [2.45, 2.75) is 20.3 Å². The predicted octanol–water partition coefficient (Wildman–Crippen LogP) is 4.13. The average Bonchev–Trinajstić information content (AvgIpc) is 2.51. The monoisotopic (exact) mass is 269 g/mol. The van der Waals surface area contributed by atoms with Crippen LogP contribution in [-0.2, 0) is 6.42 Å². The molecule has 0 fully saturated rings. The van der Waals surface area contributed by atoms with E-state index in [0.717, 1.165) is 25.3 Å². The highest BCUT2D eigenvalue weighted by Gasteiger charge is 2.02.